The SMILES string of the molecule is COCCNCc1cc(F)ccc1OC(C)C(=O)OC. The van der Waals surface area contributed by atoms with Gasteiger partial charge in [-0.05, 0) is 25.1 Å². The molecule has 1 rings (SSSR count). The number of ether oxygens (including phenoxy) is 3. The highest BCUT2D eigenvalue weighted by molar-refractivity contribution is 5.74. The summed E-state index contributed by atoms with van der Waals surface area (Å²) in [6, 6.07) is 4.17. The largest absolute Gasteiger partial charge is 0.479 e. The van der Waals surface area contributed by atoms with Gasteiger partial charge >= 0.3 is 5.97 Å². The smallest absolute Gasteiger partial charge is 0.346 e. The molecule has 0 saturated carbocycles. The third-order valence-electron chi connectivity index (χ3n) is 2.66. The minimum Gasteiger partial charge on any atom is -0.479 e. The maximum Gasteiger partial charge on any atom is 0.346 e. The van der Waals surface area contributed by atoms with E-state index in [0.29, 0.717) is 31.0 Å². The summed E-state index contributed by atoms with van der Waals surface area (Å²) >= 11 is 0. The molecule has 0 saturated heterocycles. The highest BCUT2D eigenvalue weighted by Gasteiger charge is 2.16. The highest BCUT2D eigenvalue weighted by Crippen LogP contribution is 2.21. The molecule has 0 bridgehead atoms. The second-order valence-corrected chi connectivity index (χ2v) is 4.20. The Hall–Kier alpha value is -1.66. The summed E-state index contributed by atoms with van der Waals surface area (Å²) in [6.07, 6.45) is -0.747. The average molecular weight is 285 g/mol. The van der Waals surface area contributed by atoms with Crippen LogP contribution in [0, 0.1) is 5.82 Å². The van der Waals surface area contributed by atoms with Crippen molar-refractivity contribution in [1.29, 1.82) is 0 Å². The van der Waals surface area contributed by atoms with E-state index in [1.54, 1.807) is 14.0 Å². The standard InChI is InChI=1S/C14H20FNO4/c1-10(14(17)19-3)20-13-5-4-12(15)8-11(13)9-16-6-7-18-2/h4-5,8,10,16H,6-7,9H2,1-3H3. The van der Waals surface area contributed by atoms with Gasteiger partial charge in [-0.25, -0.2) is 9.18 Å². The maximum absolute atomic E-state index is 13.3. The lowest BCUT2D eigenvalue weighted by atomic mass is 10.2. The number of methoxy groups -OCH3 is 2. The van der Waals surface area contributed by atoms with E-state index in [-0.39, 0.29) is 5.82 Å². The molecule has 0 aliphatic carbocycles. The average Bonchev–Trinajstić information content (AvgIpc) is 2.45. The zero-order valence-electron chi connectivity index (χ0n) is 11.9. The van der Waals surface area contributed by atoms with E-state index in [1.165, 1.54) is 25.3 Å². The first-order valence-corrected chi connectivity index (χ1v) is 6.31. The van der Waals surface area contributed by atoms with Crippen molar-refractivity contribution >= 4 is 5.97 Å². The predicted molar refractivity (Wildman–Crippen MR) is 72.1 cm³/mol. The summed E-state index contributed by atoms with van der Waals surface area (Å²) in [5.41, 5.74) is 0.636. The van der Waals surface area contributed by atoms with Gasteiger partial charge < -0.3 is 19.5 Å². The summed E-state index contributed by atoms with van der Waals surface area (Å²) < 4.78 is 28.3. The maximum atomic E-state index is 13.3. The fraction of sp³-hybridized carbons (Fsp3) is 0.500. The highest BCUT2D eigenvalue weighted by atomic mass is 19.1. The molecule has 0 fully saturated rings. The zero-order chi connectivity index (χ0) is 15.0. The van der Waals surface area contributed by atoms with Crippen molar-refractivity contribution in [2.45, 2.75) is 19.6 Å². The van der Waals surface area contributed by atoms with Crippen molar-refractivity contribution in [1.82, 2.24) is 5.32 Å². The molecule has 0 aliphatic rings. The van der Waals surface area contributed by atoms with Gasteiger partial charge in [0.2, 0.25) is 0 Å². The van der Waals surface area contributed by atoms with Crippen LogP contribution in [0.2, 0.25) is 0 Å². The van der Waals surface area contributed by atoms with Gasteiger partial charge in [0.15, 0.2) is 6.10 Å². The monoisotopic (exact) mass is 285 g/mol. The lowest BCUT2D eigenvalue weighted by Gasteiger charge is -2.16. The van der Waals surface area contributed by atoms with Crippen LogP contribution in [-0.2, 0) is 20.8 Å². The molecule has 0 heterocycles. The van der Waals surface area contributed by atoms with Gasteiger partial charge in [0, 0.05) is 25.8 Å². The number of esters is 1. The number of rotatable bonds is 8. The topological polar surface area (TPSA) is 56.8 Å². The minimum absolute atomic E-state index is 0.355. The first-order valence-electron chi connectivity index (χ1n) is 6.31. The van der Waals surface area contributed by atoms with Crippen molar-refractivity contribution < 1.29 is 23.4 Å². The number of benzene rings is 1. The van der Waals surface area contributed by atoms with Crippen LogP contribution in [0.1, 0.15) is 12.5 Å². The van der Waals surface area contributed by atoms with Gasteiger partial charge in [0.1, 0.15) is 11.6 Å². The van der Waals surface area contributed by atoms with Crippen LogP contribution >= 0.6 is 0 Å². The molecule has 112 valence electrons. The molecule has 1 unspecified atom stereocenters. The molecule has 6 heteroatoms. The molecule has 0 spiro atoms. The predicted octanol–water partition coefficient (Wildman–Crippen LogP) is 1.50. The second-order valence-electron chi connectivity index (χ2n) is 4.20. The molecule has 0 aliphatic heterocycles. The molecule has 1 N–H and O–H groups in total. The van der Waals surface area contributed by atoms with Gasteiger partial charge in [-0.3, -0.25) is 0 Å². The number of nitrogens with one attached hydrogen (secondary N) is 1. The van der Waals surface area contributed by atoms with Crippen LogP contribution < -0.4 is 10.1 Å². The Labute approximate surface area is 118 Å². The number of hydrogen-bond donors (Lipinski definition) is 1. The number of hydrogen-bond acceptors (Lipinski definition) is 5. The lowest BCUT2D eigenvalue weighted by Crippen LogP contribution is -2.26. The number of carbonyl (C=O) groups is 1. The van der Waals surface area contributed by atoms with Crippen molar-refractivity contribution in [3.8, 4) is 5.75 Å². The molecule has 0 radical (unpaired) electrons. The summed E-state index contributed by atoms with van der Waals surface area (Å²) in [5.74, 6) is -0.381. The molecule has 0 amide bonds. The summed E-state index contributed by atoms with van der Waals surface area (Å²) in [7, 11) is 2.90. The van der Waals surface area contributed by atoms with E-state index in [0.717, 1.165) is 0 Å². The Bertz CT molecular complexity index is 439. The zero-order valence-corrected chi connectivity index (χ0v) is 11.9. The van der Waals surface area contributed by atoms with E-state index >= 15 is 0 Å². The Morgan fingerprint density at radius 3 is 2.80 bits per heavy atom. The van der Waals surface area contributed by atoms with E-state index in [9.17, 15) is 9.18 Å². The molecular formula is C14H20FNO4. The minimum atomic E-state index is -0.747. The second kappa shape index (κ2) is 8.50. The van der Waals surface area contributed by atoms with Crippen molar-refractivity contribution in [3.63, 3.8) is 0 Å². The van der Waals surface area contributed by atoms with Crippen molar-refractivity contribution in [3.05, 3.63) is 29.6 Å². The van der Waals surface area contributed by atoms with Crippen LogP contribution in [0.3, 0.4) is 0 Å². The fourth-order valence-corrected chi connectivity index (χ4v) is 1.60. The Kier molecular flexibility index (Phi) is 6.97. The number of carbonyl (C=O) groups excluding carboxylic acids is 1. The van der Waals surface area contributed by atoms with E-state index < -0.39 is 12.1 Å². The van der Waals surface area contributed by atoms with Crippen molar-refractivity contribution in [2.75, 3.05) is 27.4 Å². The first kappa shape index (κ1) is 16.4. The van der Waals surface area contributed by atoms with Crippen LogP contribution in [-0.4, -0.2) is 39.4 Å². The Balaban J connectivity index is 2.71. The molecule has 20 heavy (non-hydrogen) atoms. The van der Waals surface area contributed by atoms with Crippen LogP contribution in [0.5, 0.6) is 5.75 Å². The fourth-order valence-electron chi connectivity index (χ4n) is 1.60. The van der Waals surface area contributed by atoms with Crippen LogP contribution in [0.4, 0.5) is 4.39 Å². The quantitative estimate of drug-likeness (QED) is 0.579. The summed E-state index contributed by atoms with van der Waals surface area (Å²) in [6.45, 7) is 3.20. The van der Waals surface area contributed by atoms with Crippen LogP contribution in [0.25, 0.3) is 0 Å². The van der Waals surface area contributed by atoms with E-state index in [2.05, 4.69) is 10.1 Å². The van der Waals surface area contributed by atoms with Crippen molar-refractivity contribution in [2.24, 2.45) is 0 Å². The van der Waals surface area contributed by atoms with Gasteiger partial charge in [-0.15, -0.1) is 0 Å². The van der Waals surface area contributed by atoms with E-state index in [1.807, 2.05) is 0 Å². The van der Waals surface area contributed by atoms with Gasteiger partial charge in [0.25, 0.3) is 0 Å². The normalized spacial score (nSPS) is 12.0. The summed E-state index contributed by atoms with van der Waals surface area (Å²) in [4.78, 5) is 11.3. The molecule has 5 nitrogen and oxygen atoms in total. The van der Waals surface area contributed by atoms with Gasteiger partial charge in [0.05, 0.1) is 13.7 Å². The van der Waals surface area contributed by atoms with Crippen LogP contribution in [0.15, 0.2) is 18.2 Å². The van der Waals surface area contributed by atoms with Gasteiger partial charge in [-0.1, -0.05) is 0 Å². The third kappa shape index (κ3) is 5.14. The third-order valence-corrected chi connectivity index (χ3v) is 2.66. The van der Waals surface area contributed by atoms with Gasteiger partial charge in [-0.2, -0.15) is 0 Å². The van der Waals surface area contributed by atoms with E-state index in [4.69, 9.17) is 9.47 Å². The number of halogens is 1. The Morgan fingerprint density at radius 1 is 1.40 bits per heavy atom. The molecule has 1 aromatic rings. The molecule has 1 atom stereocenters. The molecule has 1 aromatic carbocycles. The summed E-state index contributed by atoms with van der Waals surface area (Å²) in [5, 5.41) is 3.10. The first-order chi connectivity index (χ1) is 9.58. The molecular weight excluding hydrogens is 265 g/mol. The molecule has 0 aromatic heterocycles. The Morgan fingerprint density at radius 2 is 2.15 bits per heavy atom. The lowest BCUT2D eigenvalue weighted by molar-refractivity contribution is -0.147.